The number of hydrogen-bond acceptors (Lipinski definition) is 1. The number of nitrogens with zero attached hydrogens (tertiary/aromatic N) is 1. The van der Waals surface area contributed by atoms with Crippen LogP contribution in [-0.2, 0) is 0 Å². The summed E-state index contributed by atoms with van der Waals surface area (Å²) in [6, 6.07) is 30.4. The van der Waals surface area contributed by atoms with Crippen LogP contribution in [0.25, 0.3) is 0 Å². The Balaban J connectivity index is 1.99. The zero-order valence-electron chi connectivity index (χ0n) is 18.8. The van der Waals surface area contributed by atoms with Crippen molar-refractivity contribution in [1.29, 1.82) is 0 Å². The summed E-state index contributed by atoms with van der Waals surface area (Å²) in [5, 5.41) is 0. The summed E-state index contributed by atoms with van der Waals surface area (Å²) in [5.74, 6) is 0.526. The highest BCUT2D eigenvalue weighted by atomic mass is 15.1. The minimum atomic E-state index is 0.230. The first-order chi connectivity index (χ1) is 13.6. The van der Waals surface area contributed by atoms with Crippen molar-refractivity contribution < 1.29 is 0 Å². The zero-order chi connectivity index (χ0) is 21.1. The Hall–Kier alpha value is -2.54. The molecule has 0 saturated carbocycles. The molecule has 0 radical (unpaired) electrons. The summed E-state index contributed by atoms with van der Waals surface area (Å²) >= 11 is 0. The van der Waals surface area contributed by atoms with Gasteiger partial charge in [0, 0.05) is 17.1 Å². The fourth-order valence-electron chi connectivity index (χ4n) is 3.99. The molecule has 0 aliphatic rings. The Labute approximate surface area is 177 Å². The molecule has 3 aromatic rings. The Morgan fingerprint density at radius 1 is 0.586 bits per heavy atom. The third kappa shape index (κ3) is 5.50. The van der Waals surface area contributed by atoms with E-state index in [1.54, 1.807) is 0 Å². The molecule has 152 valence electrons. The van der Waals surface area contributed by atoms with Crippen molar-refractivity contribution in [1.82, 2.24) is 0 Å². The summed E-state index contributed by atoms with van der Waals surface area (Å²) in [5.41, 5.74) is 5.50. The Kier molecular flexibility index (Phi) is 6.17. The van der Waals surface area contributed by atoms with Crippen LogP contribution in [0, 0.1) is 10.8 Å². The van der Waals surface area contributed by atoms with Gasteiger partial charge in [-0.3, -0.25) is 0 Å². The smallest absolute Gasteiger partial charge is 0.0461 e. The van der Waals surface area contributed by atoms with Gasteiger partial charge < -0.3 is 4.90 Å². The number of hydrogen-bond donors (Lipinski definition) is 0. The number of para-hydroxylation sites is 2. The number of anilines is 3. The van der Waals surface area contributed by atoms with E-state index < -0.39 is 0 Å². The lowest BCUT2D eigenvalue weighted by molar-refractivity contribution is 0.229. The van der Waals surface area contributed by atoms with Gasteiger partial charge in [-0.15, -0.1) is 0 Å². The van der Waals surface area contributed by atoms with E-state index in [1.807, 2.05) is 0 Å². The lowest BCUT2D eigenvalue weighted by Gasteiger charge is -2.36. The molecule has 1 nitrogen and oxygen atoms in total. The third-order valence-electron chi connectivity index (χ3n) is 5.44. The van der Waals surface area contributed by atoms with Crippen molar-refractivity contribution in [2.75, 3.05) is 4.90 Å². The van der Waals surface area contributed by atoms with Crippen LogP contribution in [0.15, 0.2) is 84.9 Å². The topological polar surface area (TPSA) is 3.24 Å². The summed E-state index contributed by atoms with van der Waals surface area (Å²) in [6.45, 7) is 14.1. The maximum absolute atomic E-state index is 2.36. The highest BCUT2D eigenvalue weighted by Gasteiger charge is 2.30. The molecule has 0 bridgehead atoms. The van der Waals surface area contributed by atoms with Gasteiger partial charge in [0.2, 0.25) is 0 Å². The van der Waals surface area contributed by atoms with Crippen molar-refractivity contribution in [3.05, 3.63) is 90.5 Å². The lowest BCUT2D eigenvalue weighted by Crippen LogP contribution is -2.23. The number of benzene rings is 3. The molecule has 29 heavy (non-hydrogen) atoms. The fourth-order valence-corrected chi connectivity index (χ4v) is 3.99. The summed E-state index contributed by atoms with van der Waals surface area (Å²) in [6.07, 6.45) is 1.18. The Morgan fingerprint density at radius 2 is 1.00 bits per heavy atom. The minimum absolute atomic E-state index is 0.230. The van der Waals surface area contributed by atoms with Crippen LogP contribution < -0.4 is 4.90 Å². The minimum Gasteiger partial charge on any atom is -0.311 e. The molecule has 0 N–H and O–H groups in total. The molecule has 0 saturated heterocycles. The molecule has 0 aliphatic heterocycles. The molecular weight excluding hydrogens is 350 g/mol. The van der Waals surface area contributed by atoms with E-state index in [1.165, 1.54) is 29.0 Å². The maximum Gasteiger partial charge on any atom is 0.0461 e. The van der Waals surface area contributed by atoms with E-state index in [9.17, 15) is 0 Å². The molecule has 3 aromatic carbocycles. The predicted molar refractivity (Wildman–Crippen MR) is 127 cm³/mol. The SMILES string of the molecule is CC(C)(C)CC(c1ccc(N(c2ccccc2)c2ccccc2)cc1)C(C)(C)C. The first-order valence-electron chi connectivity index (χ1n) is 10.7. The summed E-state index contributed by atoms with van der Waals surface area (Å²) < 4.78 is 0. The molecule has 0 fully saturated rings. The second-order valence-corrected chi connectivity index (χ2v) is 10.3. The predicted octanol–water partition coefficient (Wildman–Crippen LogP) is 8.72. The highest BCUT2D eigenvalue weighted by Crippen LogP contribution is 2.44. The Bertz CT molecular complexity index is 842. The molecule has 0 amide bonds. The normalized spacial score (nSPS) is 13.2. The van der Waals surface area contributed by atoms with Gasteiger partial charge >= 0.3 is 0 Å². The van der Waals surface area contributed by atoms with Gasteiger partial charge in [0.05, 0.1) is 0 Å². The zero-order valence-corrected chi connectivity index (χ0v) is 18.8. The highest BCUT2D eigenvalue weighted by molar-refractivity contribution is 5.76. The van der Waals surface area contributed by atoms with Crippen LogP contribution in [-0.4, -0.2) is 0 Å². The molecule has 3 rings (SSSR count). The van der Waals surface area contributed by atoms with E-state index in [2.05, 4.69) is 131 Å². The van der Waals surface area contributed by atoms with Crippen molar-refractivity contribution in [2.45, 2.75) is 53.9 Å². The average molecular weight is 386 g/mol. The van der Waals surface area contributed by atoms with Crippen LogP contribution in [0.2, 0.25) is 0 Å². The van der Waals surface area contributed by atoms with Gasteiger partial charge in [-0.25, -0.2) is 0 Å². The second kappa shape index (κ2) is 8.45. The van der Waals surface area contributed by atoms with E-state index >= 15 is 0 Å². The first kappa shape index (κ1) is 21.2. The average Bonchev–Trinajstić information content (AvgIpc) is 2.67. The second-order valence-electron chi connectivity index (χ2n) is 10.3. The molecule has 0 spiro atoms. The third-order valence-corrected chi connectivity index (χ3v) is 5.44. The van der Waals surface area contributed by atoms with Crippen LogP contribution >= 0.6 is 0 Å². The monoisotopic (exact) mass is 385 g/mol. The summed E-state index contributed by atoms with van der Waals surface area (Å²) in [4.78, 5) is 2.32. The van der Waals surface area contributed by atoms with Gasteiger partial charge in [-0.2, -0.15) is 0 Å². The molecule has 0 aromatic heterocycles. The Morgan fingerprint density at radius 3 is 1.38 bits per heavy atom. The van der Waals surface area contributed by atoms with E-state index in [0.29, 0.717) is 11.3 Å². The van der Waals surface area contributed by atoms with Crippen LogP contribution in [0.3, 0.4) is 0 Å². The van der Waals surface area contributed by atoms with Crippen molar-refractivity contribution >= 4 is 17.1 Å². The van der Waals surface area contributed by atoms with E-state index in [4.69, 9.17) is 0 Å². The lowest BCUT2D eigenvalue weighted by atomic mass is 9.69. The van der Waals surface area contributed by atoms with Gasteiger partial charge in [0.25, 0.3) is 0 Å². The molecule has 1 atom stereocenters. The summed E-state index contributed by atoms with van der Waals surface area (Å²) in [7, 11) is 0. The maximum atomic E-state index is 2.36. The van der Waals surface area contributed by atoms with E-state index in [0.717, 1.165) is 0 Å². The first-order valence-corrected chi connectivity index (χ1v) is 10.7. The van der Waals surface area contributed by atoms with Crippen LogP contribution in [0.5, 0.6) is 0 Å². The van der Waals surface area contributed by atoms with Crippen molar-refractivity contribution in [2.24, 2.45) is 10.8 Å². The van der Waals surface area contributed by atoms with Crippen LogP contribution in [0.1, 0.15) is 59.4 Å². The number of rotatable bonds is 5. The molecule has 0 heterocycles. The molecular formula is C28H35N. The van der Waals surface area contributed by atoms with E-state index in [-0.39, 0.29) is 5.41 Å². The molecule has 0 aliphatic carbocycles. The fraction of sp³-hybridized carbons (Fsp3) is 0.357. The largest absolute Gasteiger partial charge is 0.311 e. The standard InChI is InChI=1S/C28H35N/c1-27(2,3)21-26(28(4,5)6)22-17-19-25(20-18-22)29(23-13-9-7-10-14-23)24-15-11-8-12-16-24/h7-20,26H,21H2,1-6H3. The van der Waals surface area contributed by atoms with Crippen molar-refractivity contribution in [3.8, 4) is 0 Å². The quantitative estimate of drug-likeness (QED) is 0.424. The van der Waals surface area contributed by atoms with Crippen LogP contribution in [0.4, 0.5) is 17.1 Å². The molecule has 1 unspecified atom stereocenters. The molecule has 1 heteroatoms. The van der Waals surface area contributed by atoms with Gasteiger partial charge in [0.1, 0.15) is 0 Å². The van der Waals surface area contributed by atoms with Crippen molar-refractivity contribution in [3.63, 3.8) is 0 Å². The van der Waals surface area contributed by atoms with Gasteiger partial charge in [-0.05, 0) is 65.1 Å². The van der Waals surface area contributed by atoms with Gasteiger partial charge in [0.15, 0.2) is 0 Å². The van der Waals surface area contributed by atoms with Gasteiger partial charge in [-0.1, -0.05) is 90.1 Å².